The molecule has 0 spiro atoms. The molecule has 2 rings (SSSR count). The lowest BCUT2D eigenvalue weighted by molar-refractivity contribution is 0.101. The molecule has 0 aromatic heterocycles. The van der Waals surface area contributed by atoms with Crippen molar-refractivity contribution in [1.29, 1.82) is 0 Å². The highest BCUT2D eigenvalue weighted by molar-refractivity contribution is 6.34. The summed E-state index contributed by atoms with van der Waals surface area (Å²) in [6.45, 7) is 6.52. The first kappa shape index (κ1) is 18.0. The standard InChI is InChI=1S/C17H12ClF4NO/c1-4-9-12(19)11(14(21)15(22)13(9)20)17(24)23-16-8(3)5-7(2)6-10(16)18/h4-6H,1H2,2-3H3,(H,23,24). The van der Waals surface area contributed by atoms with Crippen LogP contribution in [-0.2, 0) is 0 Å². The second-order valence-electron chi connectivity index (χ2n) is 5.14. The Morgan fingerprint density at radius 2 is 1.71 bits per heavy atom. The molecule has 0 fully saturated rings. The lowest BCUT2D eigenvalue weighted by Crippen LogP contribution is -2.19. The van der Waals surface area contributed by atoms with Gasteiger partial charge in [-0.15, -0.1) is 0 Å². The molecule has 0 aliphatic carbocycles. The van der Waals surface area contributed by atoms with Crippen molar-refractivity contribution in [3.05, 3.63) is 69.3 Å². The van der Waals surface area contributed by atoms with Gasteiger partial charge in [0.2, 0.25) is 0 Å². The van der Waals surface area contributed by atoms with Gasteiger partial charge in [-0.2, -0.15) is 0 Å². The summed E-state index contributed by atoms with van der Waals surface area (Å²) >= 11 is 6.01. The summed E-state index contributed by atoms with van der Waals surface area (Å²) < 4.78 is 55.1. The molecule has 0 unspecified atom stereocenters. The molecular weight excluding hydrogens is 346 g/mol. The molecule has 126 valence electrons. The number of carbonyl (C=O) groups excluding carboxylic acids is 1. The second kappa shape index (κ2) is 6.65. The van der Waals surface area contributed by atoms with E-state index in [4.69, 9.17) is 11.6 Å². The average molecular weight is 358 g/mol. The molecule has 2 aromatic rings. The highest BCUT2D eigenvalue weighted by atomic mass is 35.5. The van der Waals surface area contributed by atoms with Gasteiger partial charge >= 0.3 is 0 Å². The summed E-state index contributed by atoms with van der Waals surface area (Å²) in [7, 11) is 0. The predicted molar refractivity (Wildman–Crippen MR) is 85.2 cm³/mol. The van der Waals surface area contributed by atoms with E-state index in [-0.39, 0.29) is 10.7 Å². The highest BCUT2D eigenvalue weighted by Gasteiger charge is 2.28. The number of rotatable bonds is 3. The summed E-state index contributed by atoms with van der Waals surface area (Å²) in [6, 6.07) is 3.23. The van der Waals surface area contributed by atoms with Crippen LogP contribution >= 0.6 is 11.6 Å². The van der Waals surface area contributed by atoms with E-state index in [0.29, 0.717) is 11.6 Å². The Bertz CT molecular complexity index is 841. The van der Waals surface area contributed by atoms with Crippen LogP contribution in [0.1, 0.15) is 27.0 Å². The van der Waals surface area contributed by atoms with Gasteiger partial charge in [-0.05, 0) is 31.0 Å². The van der Waals surface area contributed by atoms with Gasteiger partial charge in [0.15, 0.2) is 17.5 Å². The molecule has 2 nitrogen and oxygen atoms in total. The topological polar surface area (TPSA) is 29.1 Å². The predicted octanol–water partition coefficient (Wildman–Crippen LogP) is 5.41. The minimum atomic E-state index is -1.96. The van der Waals surface area contributed by atoms with Crippen LogP contribution in [0.5, 0.6) is 0 Å². The number of hydrogen-bond acceptors (Lipinski definition) is 1. The number of hydrogen-bond donors (Lipinski definition) is 1. The number of carbonyl (C=O) groups is 1. The Morgan fingerprint density at radius 3 is 2.25 bits per heavy atom. The normalized spacial score (nSPS) is 10.6. The fourth-order valence-corrected chi connectivity index (χ4v) is 2.65. The number of nitrogens with one attached hydrogen (secondary N) is 1. The van der Waals surface area contributed by atoms with Gasteiger partial charge < -0.3 is 5.32 Å². The van der Waals surface area contributed by atoms with Crippen molar-refractivity contribution in [2.24, 2.45) is 0 Å². The smallest absolute Gasteiger partial charge is 0.261 e. The third-order valence-corrected chi connectivity index (χ3v) is 3.70. The number of aryl methyl sites for hydroxylation is 2. The van der Waals surface area contributed by atoms with Gasteiger partial charge in [0.1, 0.15) is 11.4 Å². The molecule has 0 bridgehead atoms. The van der Waals surface area contributed by atoms with E-state index in [0.717, 1.165) is 5.56 Å². The van der Waals surface area contributed by atoms with Crippen molar-refractivity contribution < 1.29 is 22.4 Å². The lowest BCUT2D eigenvalue weighted by atomic mass is 10.1. The minimum absolute atomic E-state index is 0.121. The third kappa shape index (κ3) is 3.01. The summed E-state index contributed by atoms with van der Waals surface area (Å²) in [5.74, 6) is -8.46. The van der Waals surface area contributed by atoms with E-state index in [1.165, 1.54) is 6.07 Å². The first-order valence-corrected chi connectivity index (χ1v) is 7.13. The fourth-order valence-electron chi connectivity index (χ4n) is 2.28. The largest absolute Gasteiger partial charge is 0.320 e. The van der Waals surface area contributed by atoms with E-state index in [9.17, 15) is 22.4 Å². The molecule has 7 heteroatoms. The highest BCUT2D eigenvalue weighted by Crippen LogP contribution is 2.30. The zero-order valence-electron chi connectivity index (χ0n) is 12.7. The number of amides is 1. The van der Waals surface area contributed by atoms with Crippen molar-refractivity contribution in [1.82, 2.24) is 0 Å². The fraction of sp³-hybridized carbons (Fsp3) is 0.118. The molecule has 0 saturated heterocycles. The van der Waals surface area contributed by atoms with Crippen LogP contribution in [0.3, 0.4) is 0 Å². The Labute approximate surface area is 140 Å². The molecule has 0 aliphatic rings. The van der Waals surface area contributed by atoms with Gasteiger partial charge in [0.05, 0.1) is 10.7 Å². The van der Waals surface area contributed by atoms with Crippen LogP contribution in [-0.4, -0.2) is 5.91 Å². The zero-order valence-corrected chi connectivity index (χ0v) is 13.5. The third-order valence-electron chi connectivity index (χ3n) is 3.40. The number of anilines is 1. The zero-order chi connectivity index (χ0) is 18.2. The van der Waals surface area contributed by atoms with Gasteiger partial charge in [-0.1, -0.05) is 30.3 Å². The monoisotopic (exact) mass is 357 g/mol. The van der Waals surface area contributed by atoms with Crippen molar-refractivity contribution in [2.75, 3.05) is 5.32 Å². The van der Waals surface area contributed by atoms with Gasteiger partial charge in [-0.3, -0.25) is 4.79 Å². The molecule has 0 saturated carbocycles. The van der Waals surface area contributed by atoms with Crippen LogP contribution < -0.4 is 5.32 Å². The minimum Gasteiger partial charge on any atom is -0.320 e. The first-order chi connectivity index (χ1) is 11.2. The van der Waals surface area contributed by atoms with E-state index >= 15 is 0 Å². The van der Waals surface area contributed by atoms with Gasteiger partial charge in [0, 0.05) is 5.56 Å². The number of benzene rings is 2. The lowest BCUT2D eigenvalue weighted by Gasteiger charge is -2.14. The molecule has 0 radical (unpaired) electrons. The van der Waals surface area contributed by atoms with E-state index in [1.54, 1.807) is 19.9 Å². The van der Waals surface area contributed by atoms with Crippen LogP contribution in [0.15, 0.2) is 18.7 Å². The SMILES string of the molecule is C=Cc1c(F)c(F)c(F)c(C(=O)Nc2c(C)cc(C)cc2Cl)c1F. The van der Waals surface area contributed by atoms with Crippen LogP contribution in [0.4, 0.5) is 23.2 Å². The molecule has 2 aromatic carbocycles. The van der Waals surface area contributed by atoms with Crippen molar-refractivity contribution in [3.63, 3.8) is 0 Å². The van der Waals surface area contributed by atoms with Gasteiger partial charge in [0.25, 0.3) is 5.91 Å². The molecule has 0 aliphatic heterocycles. The molecule has 1 N–H and O–H groups in total. The Hall–Kier alpha value is -2.34. The summed E-state index contributed by atoms with van der Waals surface area (Å²) in [5, 5.41) is 2.37. The van der Waals surface area contributed by atoms with E-state index in [1.807, 2.05) is 0 Å². The first-order valence-electron chi connectivity index (χ1n) is 6.75. The Morgan fingerprint density at radius 1 is 1.08 bits per heavy atom. The average Bonchev–Trinajstić information content (AvgIpc) is 2.49. The molecule has 24 heavy (non-hydrogen) atoms. The molecule has 1 amide bonds. The van der Waals surface area contributed by atoms with Crippen LogP contribution in [0.2, 0.25) is 5.02 Å². The summed E-state index contributed by atoms with van der Waals surface area (Å²) in [5.41, 5.74) is -0.697. The van der Waals surface area contributed by atoms with Crippen LogP contribution in [0.25, 0.3) is 6.08 Å². The van der Waals surface area contributed by atoms with Gasteiger partial charge in [-0.25, -0.2) is 17.6 Å². The van der Waals surface area contributed by atoms with E-state index < -0.39 is 40.3 Å². The Kier molecular flexibility index (Phi) is 4.99. The second-order valence-corrected chi connectivity index (χ2v) is 5.55. The van der Waals surface area contributed by atoms with Crippen molar-refractivity contribution >= 4 is 29.3 Å². The maximum Gasteiger partial charge on any atom is 0.261 e. The summed E-state index contributed by atoms with van der Waals surface area (Å²) in [6.07, 6.45) is 0.661. The van der Waals surface area contributed by atoms with Crippen molar-refractivity contribution in [3.8, 4) is 0 Å². The number of halogens is 5. The van der Waals surface area contributed by atoms with E-state index in [2.05, 4.69) is 11.9 Å². The quantitative estimate of drug-likeness (QED) is 0.444. The van der Waals surface area contributed by atoms with Crippen molar-refractivity contribution in [2.45, 2.75) is 13.8 Å². The Balaban J connectivity index is 2.56. The molecular formula is C17H12ClF4NO. The molecule has 0 atom stereocenters. The maximum absolute atomic E-state index is 14.2. The maximum atomic E-state index is 14.2. The van der Waals surface area contributed by atoms with Crippen LogP contribution in [0, 0.1) is 37.1 Å². The molecule has 0 heterocycles. The summed E-state index contributed by atoms with van der Waals surface area (Å²) in [4.78, 5) is 12.2.